The first-order valence-electron chi connectivity index (χ1n) is 7.27. The number of nitrogens with zero attached hydrogens (tertiary/aromatic N) is 2. The first-order valence-corrected chi connectivity index (χ1v) is 7.27. The lowest BCUT2D eigenvalue weighted by atomic mass is 9.98. The van der Waals surface area contributed by atoms with Crippen LogP contribution in [0.5, 0.6) is 0 Å². The van der Waals surface area contributed by atoms with Crippen molar-refractivity contribution in [2.24, 2.45) is 5.92 Å². The standard InChI is InChI=1S/C16H23FN2O/c1-13(12-19-9-5-8-18(2)10-11-19)16(20)14-6-3-4-7-15(14)17/h3-4,6-7,13H,5,8-12H2,1-2H3. The van der Waals surface area contributed by atoms with Gasteiger partial charge in [-0.3, -0.25) is 4.79 Å². The molecule has 1 fully saturated rings. The summed E-state index contributed by atoms with van der Waals surface area (Å²) in [7, 11) is 2.12. The summed E-state index contributed by atoms with van der Waals surface area (Å²) < 4.78 is 13.7. The van der Waals surface area contributed by atoms with Crippen LogP contribution in [0.2, 0.25) is 0 Å². The van der Waals surface area contributed by atoms with Crippen LogP contribution in [0.15, 0.2) is 24.3 Å². The third-order valence-corrected chi connectivity index (χ3v) is 3.93. The van der Waals surface area contributed by atoms with E-state index >= 15 is 0 Å². The number of Topliss-reactive ketones (excluding diaryl/α,β-unsaturated/α-hetero) is 1. The van der Waals surface area contributed by atoms with Crippen LogP contribution in [0, 0.1) is 11.7 Å². The molecule has 0 saturated carbocycles. The predicted molar refractivity (Wildman–Crippen MR) is 78.4 cm³/mol. The van der Waals surface area contributed by atoms with Crippen LogP contribution >= 0.6 is 0 Å². The monoisotopic (exact) mass is 278 g/mol. The molecular formula is C16H23FN2O. The minimum atomic E-state index is -0.417. The summed E-state index contributed by atoms with van der Waals surface area (Å²) in [5.74, 6) is -0.684. The van der Waals surface area contributed by atoms with Crippen LogP contribution in [0.3, 0.4) is 0 Å². The minimum Gasteiger partial charge on any atom is -0.305 e. The lowest BCUT2D eigenvalue weighted by Crippen LogP contribution is -2.35. The molecule has 1 unspecified atom stereocenters. The van der Waals surface area contributed by atoms with Crippen LogP contribution in [0.25, 0.3) is 0 Å². The number of rotatable bonds is 4. The summed E-state index contributed by atoms with van der Waals surface area (Å²) in [5, 5.41) is 0. The molecule has 0 amide bonds. The Hall–Kier alpha value is -1.26. The van der Waals surface area contributed by atoms with Crippen molar-refractivity contribution < 1.29 is 9.18 Å². The van der Waals surface area contributed by atoms with E-state index < -0.39 is 5.82 Å². The molecule has 2 rings (SSSR count). The number of ketones is 1. The van der Waals surface area contributed by atoms with Crippen LogP contribution in [0.4, 0.5) is 4.39 Å². The van der Waals surface area contributed by atoms with Crippen molar-refractivity contribution in [1.82, 2.24) is 9.80 Å². The highest BCUT2D eigenvalue weighted by molar-refractivity contribution is 5.98. The van der Waals surface area contributed by atoms with Gasteiger partial charge in [0.2, 0.25) is 0 Å². The van der Waals surface area contributed by atoms with Gasteiger partial charge in [0.25, 0.3) is 0 Å². The topological polar surface area (TPSA) is 23.6 Å². The molecule has 0 N–H and O–H groups in total. The van der Waals surface area contributed by atoms with Gasteiger partial charge >= 0.3 is 0 Å². The van der Waals surface area contributed by atoms with Crippen molar-refractivity contribution >= 4 is 5.78 Å². The van der Waals surface area contributed by atoms with Gasteiger partial charge in [0.15, 0.2) is 5.78 Å². The third-order valence-electron chi connectivity index (χ3n) is 3.93. The van der Waals surface area contributed by atoms with Crippen molar-refractivity contribution in [2.45, 2.75) is 13.3 Å². The molecular weight excluding hydrogens is 255 g/mol. The Balaban J connectivity index is 1.96. The Morgan fingerprint density at radius 2 is 2.00 bits per heavy atom. The molecule has 0 bridgehead atoms. The van der Waals surface area contributed by atoms with E-state index in [-0.39, 0.29) is 17.3 Å². The first kappa shape index (κ1) is 15.1. The number of halogens is 1. The van der Waals surface area contributed by atoms with Gasteiger partial charge in [0.05, 0.1) is 5.56 Å². The highest BCUT2D eigenvalue weighted by Crippen LogP contribution is 2.14. The number of hydrogen-bond donors (Lipinski definition) is 0. The zero-order valence-corrected chi connectivity index (χ0v) is 12.3. The van der Waals surface area contributed by atoms with E-state index in [1.165, 1.54) is 6.07 Å². The van der Waals surface area contributed by atoms with E-state index in [1.54, 1.807) is 18.2 Å². The van der Waals surface area contributed by atoms with Gasteiger partial charge in [-0.1, -0.05) is 19.1 Å². The zero-order chi connectivity index (χ0) is 14.5. The molecule has 1 saturated heterocycles. The molecule has 1 heterocycles. The Morgan fingerprint density at radius 3 is 2.75 bits per heavy atom. The van der Waals surface area contributed by atoms with Crippen molar-refractivity contribution in [1.29, 1.82) is 0 Å². The van der Waals surface area contributed by atoms with E-state index in [4.69, 9.17) is 0 Å². The van der Waals surface area contributed by atoms with Crippen molar-refractivity contribution in [3.63, 3.8) is 0 Å². The second-order valence-electron chi connectivity index (χ2n) is 5.70. The molecule has 1 aliphatic heterocycles. The van der Waals surface area contributed by atoms with Gasteiger partial charge < -0.3 is 9.80 Å². The summed E-state index contributed by atoms with van der Waals surface area (Å²) in [4.78, 5) is 16.9. The van der Waals surface area contributed by atoms with Crippen LogP contribution < -0.4 is 0 Å². The van der Waals surface area contributed by atoms with Gasteiger partial charge in [-0.25, -0.2) is 4.39 Å². The lowest BCUT2D eigenvalue weighted by molar-refractivity contribution is 0.0891. The lowest BCUT2D eigenvalue weighted by Gasteiger charge is -2.23. The molecule has 3 nitrogen and oxygen atoms in total. The molecule has 4 heteroatoms. The van der Waals surface area contributed by atoms with Gasteiger partial charge in [0.1, 0.15) is 5.82 Å². The average Bonchev–Trinajstić information content (AvgIpc) is 2.63. The maximum absolute atomic E-state index is 13.7. The number of carbonyl (C=O) groups is 1. The van der Waals surface area contributed by atoms with Gasteiger partial charge in [-0.15, -0.1) is 0 Å². The second kappa shape index (κ2) is 6.95. The number of carbonyl (C=O) groups excluding carboxylic acids is 1. The Kier molecular flexibility index (Phi) is 5.26. The fourth-order valence-corrected chi connectivity index (χ4v) is 2.68. The summed E-state index contributed by atoms with van der Waals surface area (Å²) in [6.45, 7) is 6.72. The molecule has 20 heavy (non-hydrogen) atoms. The SMILES string of the molecule is CC(CN1CCCN(C)CC1)C(=O)c1ccccc1F. The fourth-order valence-electron chi connectivity index (χ4n) is 2.68. The number of hydrogen-bond acceptors (Lipinski definition) is 3. The molecule has 1 aromatic rings. The summed E-state index contributed by atoms with van der Waals surface area (Å²) in [6.07, 6.45) is 1.12. The summed E-state index contributed by atoms with van der Waals surface area (Å²) in [5.41, 5.74) is 0.215. The molecule has 1 aliphatic rings. The van der Waals surface area contributed by atoms with E-state index in [0.29, 0.717) is 6.54 Å². The van der Waals surface area contributed by atoms with Crippen molar-refractivity contribution in [3.8, 4) is 0 Å². The Labute approximate surface area is 120 Å². The quantitative estimate of drug-likeness (QED) is 0.790. The summed E-state index contributed by atoms with van der Waals surface area (Å²) in [6, 6.07) is 6.25. The average molecular weight is 278 g/mol. The maximum Gasteiger partial charge on any atom is 0.169 e. The Morgan fingerprint density at radius 1 is 1.25 bits per heavy atom. The van der Waals surface area contributed by atoms with E-state index in [9.17, 15) is 9.18 Å². The fraction of sp³-hybridized carbons (Fsp3) is 0.562. The summed E-state index contributed by atoms with van der Waals surface area (Å²) >= 11 is 0. The van der Waals surface area contributed by atoms with Crippen LogP contribution in [0.1, 0.15) is 23.7 Å². The highest BCUT2D eigenvalue weighted by atomic mass is 19.1. The molecule has 110 valence electrons. The molecule has 0 aromatic heterocycles. The van der Waals surface area contributed by atoms with Crippen molar-refractivity contribution in [3.05, 3.63) is 35.6 Å². The maximum atomic E-state index is 13.7. The van der Waals surface area contributed by atoms with Gasteiger partial charge in [-0.05, 0) is 38.7 Å². The van der Waals surface area contributed by atoms with Crippen LogP contribution in [-0.4, -0.2) is 55.4 Å². The predicted octanol–water partition coefficient (Wildman–Crippen LogP) is 2.28. The molecule has 0 aliphatic carbocycles. The van der Waals surface area contributed by atoms with E-state index in [0.717, 1.165) is 32.6 Å². The Bertz CT molecular complexity index is 464. The highest BCUT2D eigenvalue weighted by Gasteiger charge is 2.22. The third kappa shape index (κ3) is 3.87. The van der Waals surface area contributed by atoms with Gasteiger partial charge in [0, 0.05) is 25.6 Å². The number of benzene rings is 1. The molecule has 1 atom stereocenters. The molecule has 0 spiro atoms. The normalized spacial score (nSPS) is 19.6. The largest absolute Gasteiger partial charge is 0.305 e. The van der Waals surface area contributed by atoms with E-state index in [2.05, 4.69) is 16.8 Å². The number of likely N-dealkylation sites (N-methyl/N-ethyl adjacent to an activating group) is 1. The minimum absolute atomic E-state index is 0.0966. The smallest absolute Gasteiger partial charge is 0.169 e. The van der Waals surface area contributed by atoms with Gasteiger partial charge in [-0.2, -0.15) is 0 Å². The van der Waals surface area contributed by atoms with Crippen molar-refractivity contribution in [2.75, 3.05) is 39.8 Å². The van der Waals surface area contributed by atoms with E-state index in [1.807, 2.05) is 6.92 Å². The zero-order valence-electron chi connectivity index (χ0n) is 12.3. The second-order valence-corrected chi connectivity index (χ2v) is 5.70. The first-order chi connectivity index (χ1) is 9.58. The molecule has 1 aromatic carbocycles. The molecule has 0 radical (unpaired) electrons. The van der Waals surface area contributed by atoms with Crippen LogP contribution in [-0.2, 0) is 0 Å².